The molecule has 9 heteroatoms. The minimum Gasteiger partial charge on any atom is -0.501 e. The van der Waals surface area contributed by atoms with Gasteiger partial charge in [-0.15, -0.1) is 0 Å². The molecule has 1 amide bonds. The van der Waals surface area contributed by atoms with Crippen molar-refractivity contribution in [3.05, 3.63) is 57.5 Å². The highest BCUT2D eigenvalue weighted by Gasteiger charge is 2.34. The smallest absolute Gasteiger partial charge is 0.296 e. The number of hydrogen-bond acceptors (Lipinski definition) is 5. The average Bonchev–Trinajstić information content (AvgIpc) is 2.97. The van der Waals surface area contributed by atoms with E-state index in [1.807, 2.05) is 0 Å². The number of nitrogens with one attached hydrogen (secondary N) is 1. The number of hydrogen-bond donors (Lipinski definition) is 2. The number of alkyl halides is 1. The first-order chi connectivity index (χ1) is 12.8. The zero-order valence-electron chi connectivity index (χ0n) is 14.9. The summed E-state index contributed by atoms with van der Waals surface area (Å²) in [5.74, 6) is -1.69. The van der Waals surface area contributed by atoms with Crippen molar-refractivity contribution in [2.45, 2.75) is 25.2 Å². The van der Waals surface area contributed by atoms with E-state index < -0.39 is 40.9 Å². The summed E-state index contributed by atoms with van der Waals surface area (Å²) in [4.78, 5) is 30.6. The van der Waals surface area contributed by atoms with Crippen LogP contribution in [-0.4, -0.2) is 45.2 Å². The molecule has 2 atom stereocenters. The zero-order valence-corrected chi connectivity index (χ0v) is 14.9. The van der Waals surface area contributed by atoms with Gasteiger partial charge in [0.15, 0.2) is 5.69 Å². The normalized spacial score (nSPS) is 20.0. The first kappa shape index (κ1) is 19.0. The molecule has 0 radical (unpaired) electrons. The van der Waals surface area contributed by atoms with Crippen molar-refractivity contribution in [3.63, 3.8) is 0 Å². The second-order valence-electron chi connectivity index (χ2n) is 6.63. The molecule has 1 saturated heterocycles. The number of amides is 1. The first-order valence-electron chi connectivity index (χ1n) is 8.44. The van der Waals surface area contributed by atoms with E-state index in [0.29, 0.717) is 5.56 Å². The highest BCUT2D eigenvalue weighted by atomic mass is 19.1. The van der Waals surface area contributed by atoms with Crippen LogP contribution in [0.2, 0.25) is 0 Å². The van der Waals surface area contributed by atoms with Gasteiger partial charge in [-0.1, -0.05) is 12.1 Å². The van der Waals surface area contributed by atoms with E-state index in [0.717, 1.165) is 4.57 Å². The number of nitrogens with zero attached hydrogens (tertiary/aromatic N) is 3. The van der Waals surface area contributed by atoms with Crippen LogP contribution in [-0.2, 0) is 13.6 Å². The molecule has 2 N–H and O–H groups in total. The van der Waals surface area contributed by atoms with E-state index in [4.69, 9.17) is 0 Å². The summed E-state index contributed by atoms with van der Waals surface area (Å²) in [7, 11) is 3.13. The molecule has 0 spiro atoms. The molecule has 1 aliphatic heterocycles. The maximum absolute atomic E-state index is 13.7. The fourth-order valence-corrected chi connectivity index (χ4v) is 3.17. The molecule has 0 unspecified atom stereocenters. The lowest BCUT2D eigenvalue weighted by Gasteiger charge is -2.21. The average molecular weight is 378 g/mol. The lowest BCUT2D eigenvalue weighted by atomic mass is 10.1. The second-order valence-corrected chi connectivity index (χ2v) is 6.63. The Kier molecular flexibility index (Phi) is 5.22. The van der Waals surface area contributed by atoms with Crippen LogP contribution in [0.25, 0.3) is 0 Å². The molecule has 0 saturated carbocycles. The van der Waals surface area contributed by atoms with Crippen molar-refractivity contribution >= 4 is 5.91 Å². The van der Waals surface area contributed by atoms with Crippen LogP contribution in [0.3, 0.4) is 0 Å². The monoisotopic (exact) mass is 378 g/mol. The number of carbonyl (C=O) groups excluding carboxylic acids is 1. The summed E-state index contributed by atoms with van der Waals surface area (Å²) < 4.78 is 27.8. The Labute approximate surface area is 154 Å². The highest BCUT2D eigenvalue weighted by Crippen LogP contribution is 2.31. The molecule has 1 aliphatic rings. The Morgan fingerprint density at radius 2 is 2.00 bits per heavy atom. The van der Waals surface area contributed by atoms with Gasteiger partial charge < -0.3 is 10.4 Å². The zero-order chi connectivity index (χ0) is 19.7. The number of halogens is 2. The van der Waals surface area contributed by atoms with E-state index in [9.17, 15) is 23.5 Å². The van der Waals surface area contributed by atoms with Crippen molar-refractivity contribution in [2.75, 3.05) is 13.6 Å². The molecule has 0 bridgehead atoms. The van der Waals surface area contributed by atoms with Crippen molar-refractivity contribution < 1.29 is 18.7 Å². The summed E-state index contributed by atoms with van der Waals surface area (Å²) in [5.41, 5.74) is -0.544. The van der Waals surface area contributed by atoms with Gasteiger partial charge in [-0.05, 0) is 24.7 Å². The Balaban J connectivity index is 1.87. The third-order valence-corrected chi connectivity index (χ3v) is 4.68. The van der Waals surface area contributed by atoms with Gasteiger partial charge in [0.25, 0.3) is 11.5 Å². The van der Waals surface area contributed by atoms with Gasteiger partial charge in [-0.25, -0.2) is 13.8 Å². The van der Waals surface area contributed by atoms with Gasteiger partial charge in [0.05, 0.1) is 6.04 Å². The molecule has 3 rings (SSSR count). The minimum atomic E-state index is -1.05. The fourth-order valence-electron chi connectivity index (χ4n) is 3.17. The fraction of sp³-hybridized carbons (Fsp3) is 0.389. The molecule has 2 heterocycles. The molecule has 1 aromatic carbocycles. The van der Waals surface area contributed by atoms with Crippen LogP contribution in [0.5, 0.6) is 5.75 Å². The Bertz CT molecular complexity index is 914. The number of aromatic hydroxyl groups is 1. The number of aromatic nitrogens is 2. The van der Waals surface area contributed by atoms with Crippen LogP contribution in [0, 0.1) is 5.82 Å². The van der Waals surface area contributed by atoms with E-state index in [2.05, 4.69) is 10.3 Å². The predicted molar refractivity (Wildman–Crippen MR) is 93.6 cm³/mol. The standard InChI is InChI=1S/C18H20F2N4O3/c1-23-9-12(20)7-13(23)16-22-14(15(25)18(27)24(16)2)17(26)21-8-10-3-5-11(19)6-4-10/h3-6,12-13,25H,7-9H2,1-2H3,(H,21,26)/t12-,13+/m1/s1. The molecule has 7 nitrogen and oxygen atoms in total. The van der Waals surface area contributed by atoms with Crippen molar-refractivity contribution in [1.29, 1.82) is 0 Å². The van der Waals surface area contributed by atoms with Crippen LogP contribution < -0.4 is 10.9 Å². The number of likely N-dealkylation sites (tertiary alicyclic amines) is 1. The molecule has 2 aromatic rings. The second kappa shape index (κ2) is 7.43. The summed E-state index contributed by atoms with van der Waals surface area (Å²) in [6.07, 6.45) is -0.903. The van der Waals surface area contributed by atoms with Gasteiger partial charge in [-0.2, -0.15) is 0 Å². The molecule has 144 valence electrons. The summed E-state index contributed by atoms with van der Waals surface area (Å²) in [5, 5.41) is 12.6. The van der Waals surface area contributed by atoms with E-state index >= 15 is 0 Å². The van der Waals surface area contributed by atoms with Gasteiger partial charge in [-0.3, -0.25) is 19.1 Å². The summed E-state index contributed by atoms with van der Waals surface area (Å²) >= 11 is 0. The van der Waals surface area contributed by atoms with Gasteiger partial charge in [0.2, 0.25) is 5.75 Å². The highest BCUT2D eigenvalue weighted by molar-refractivity contribution is 5.94. The minimum absolute atomic E-state index is 0.0701. The molecular formula is C18H20F2N4O3. The Hall–Kier alpha value is -2.81. The SMILES string of the molecule is CN1C[C@H](F)C[C@H]1c1nc(C(=O)NCc2ccc(F)cc2)c(O)c(=O)n1C. The summed E-state index contributed by atoms with van der Waals surface area (Å²) in [6.45, 7) is 0.272. The van der Waals surface area contributed by atoms with Crippen LogP contribution in [0.15, 0.2) is 29.1 Å². The number of benzene rings is 1. The van der Waals surface area contributed by atoms with Gasteiger partial charge in [0.1, 0.15) is 17.8 Å². The third kappa shape index (κ3) is 3.82. The maximum Gasteiger partial charge on any atom is 0.296 e. The van der Waals surface area contributed by atoms with Crippen molar-refractivity contribution in [3.8, 4) is 5.75 Å². The topological polar surface area (TPSA) is 87.5 Å². The number of carbonyl (C=O) groups is 1. The predicted octanol–water partition coefficient (Wildman–Crippen LogP) is 1.27. The van der Waals surface area contributed by atoms with E-state index in [1.54, 1.807) is 11.9 Å². The molecule has 0 aliphatic carbocycles. The third-order valence-electron chi connectivity index (χ3n) is 4.68. The van der Waals surface area contributed by atoms with Crippen molar-refractivity contribution in [1.82, 2.24) is 19.8 Å². The summed E-state index contributed by atoms with van der Waals surface area (Å²) in [6, 6.07) is 5.07. The molecular weight excluding hydrogens is 358 g/mol. The van der Waals surface area contributed by atoms with Crippen LogP contribution in [0.4, 0.5) is 8.78 Å². The molecule has 1 fully saturated rings. The molecule has 27 heavy (non-hydrogen) atoms. The van der Waals surface area contributed by atoms with Gasteiger partial charge >= 0.3 is 0 Å². The number of rotatable bonds is 4. The molecule has 1 aromatic heterocycles. The lowest BCUT2D eigenvalue weighted by Crippen LogP contribution is -2.33. The van der Waals surface area contributed by atoms with E-state index in [1.165, 1.54) is 31.3 Å². The van der Waals surface area contributed by atoms with Crippen molar-refractivity contribution in [2.24, 2.45) is 7.05 Å². The van der Waals surface area contributed by atoms with Gasteiger partial charge in [0, 0.05) is 26.6 Å². The first-order valence-corrected chi connectivity index (χ1v) is 8.44. The quantitative estimate of drug-likeness (QED) is 0.837. The van der Waals surface area contributed by atoms with E-state index in [-0.39, 0.29) is 25.3 Å². The van der Waals surface area contributed by atoms with Crippen LogP contribution >= 0.6 is 0 Å². The lowest BCUT2D eigenvalue weighted by molar-refractivity contribution is 0.0941. The Morgan fingerprint density at radius 3 is 2.59 bits per heavy atom. The largest absolute Gasteiger partial charge is 0.501 e. The Morgan fingerprint density at radius 1 is 1.33 bits per heavy atom. The van der Waals surface area contributed by atoms with Crippen LogP contribution in [0.1, 0.15) is 34.3 Å². The maximum atomic E-state index is 13.7.